The number of halogens is 1. The molecular weight excluding hydrogens is 248 g/mol. The summed E-state index contributed by atoms with van der Waals surface area (Å²) in [7, 11) is 0. The first-order valence-electron chi connectivity index (χ1n) is 6.48. The number of nitrogens with zero attached hydrogens (tertiary/aromatic N) is 1. The molecule has 18 heavy (non-hydrogen) atoms. The van der Waals surface area contributed by atoms with Crippen molar-refractivity contribution < 1.29 is 5.11 Å². The van der Waals surface area contributed by atoms with Gasteiger partial charge in [-0.2, -0.15) is 0 Å². The van der Waals surface area contributed by atoms with Gasteiger partial charge in [0.1, 0.15) is 5.75 Å². The molecule has 0 amide bonds. The zero-order valence-corrected chi connectivity index (χ0v) is 11.6. The summed E-state index contributed by atoms with van der Waals surface area (Å²) >= 11 is 5.99. The minimum atomic E-state index is -0.0985. The fourth-order valence-electron chi connectivity index (χ4n) is 2.68. The Bertz CT molecular complexity index is 418. The molecule has 1 saturated heterocycles. The molecule has 0 saturated carbocycles. The average molecular weight is 269 g/mol. The number of likely N-dealkylation sites (tertiary alicyclic amines) is 1. The van der Waals surface area contributed by atoms with E-state index >= 15 is 0 Å². The lowest BCUT2D eigenvalue weighted by atomic mass is 9.90. The van der Waals surface area contributed by atoms with Crippen LogP contribution in [0.5, 0.6) is 5.75 Å². The Balaban J connectivity index is 2.21. The highest BCUT2D eigenvalue weighted by Crippen LogP contribution is 2.29. The molecule has 3 N–H and O–H groups in total. The van der Waals surface area contributed by atoms with E-state index in [9.17, 15) is 5.11 Å². The van der Waals surface area contributed by atoms with E-state index in [4.69, 9.17) is 17.3 Å². The van der Waals surface area contributed by atoms with Gasteiger partial charge in [-0.1, -0.05) is 11.6 Å². The second kappa shape index (κ2) is 5.47. The van der Waals surface area contributed by atoms with Crippen molar-refractivity contribution in [3.8, 4) is 5.75 Å². The van der Waals surface area contributed by atoms with Crippen molar-refractivity contribution >= 4 is 11.6 Å². The first-order valence-corrected chi connectivity index (χ1v) is 6.85. The second-order valence-corrected chi connectivity index (χ2v) is 5.78. The zero-order chi connectivity index (χ0) is 13.2. The Morgan fingerprint density at radius 1 is 1.39 bits per heavy atom. The maximum absolute atomic E-state index is 9.92. The minimum Gasteiger partial charge on any atom is -0.508 e. The van der Waals surface area contributed by atoms with Gasteiger partial charge in [-0.15, -0.1) is 0 Å². The lowest BCUT2D eigenvalue weighted by Gasteiger charge is -2.38. The molecule has 1 aromatic carbocycles. The Kier molecular flexibility index (Phi) is 4.15. The maximum Gasteiger partial charge on any atom is 0.118 e. The largest absolute Gasteiger partial charge is 0.508 e. The van der Waals surface area contributed by atoms with E-state index in [1.165, 1.54) is 12.8 Å². The van der Waals surface area contributed by atoms with Crippen molar-refractivity contribution in [2.45, 2.75) is 31.7 Å². The SMILES string of the molecule is CC(CN)(Cc1cc(Cl)ccc1O)N1CCCC1. The second-order valence-electron chi connectivity index (χ2n) is 5.35. The number of hydrogen-bond acceptors (Lipinski definition) is 3. The minimum absolute atomic E-state index is 0.0985. The zero-order valence-electron chi connectivity index (χ0n) is 10.8. The predicted octanol–water partition coefficient (Wildman–Crippen LogP) is 2.40. The van der Waals surface area contributed by atoms with Gasteiger partial charge < -0.3 is 10.8 Å². The Labute approximate surface area is 114 Å². The first kappa shape index (κ1) is 13.7. The molecular formula is C14H21ClN2O. The summed E-state index contributed by atoms with van der Waals surface area (Å²) in [5.74, 6) is 0.304. The molecule has 2 rings (SSSR count). The summed E-state index contributed by atoms with van der Waals surface area (Å²) in [6.45, 7) is 4.93. The van der Waals surface area contributed by atoms with Gasteiger partial charge >= 0.3 is 0 Å². The van der Waals surface area contributed by atoms with Gasteiger partial charge in [0.2, 0.25) is 0 Å². The van der Waals surface area contributed by atoms with Gasteiger partial charge in [-0.25, -0.2) is 0 Å². The number of aromatic hydroxyl groups is 1. The molecule has 1 heterocycles. The smallest absolute Gasteiger partial charge is 0.118 e. The highest BCUT2D eigenvalue weighted by Gasteiger charge is 2.33. The molecule has 0 radical (unpaired) electrons. The summed E-state index contributed by atoms with van der Waals surface area (Å²) in [6.07, 6.45) is 3.20. The first-order chi connectivity index (χ1) is 8.55. The fourth-order valence-corrected chi connectivity index (χ4v) is 2.87. The standard InChI is InChI=1S/C14H21ClN2O/c1-14(10-16,17-6-2-3-7-17)9-11-8-12(15)4-5-13(11)18/h4-5,8,18H,2-3,6-7,9-10,16H2,1H3. The molecule has 1 aliphatic rings. The van der Waals surface area contributed by atoms with Crippen molar-refractivity contribution in [3.05, 3.63) is 28.8 Å². The van der Waals surface area contributed by atoms with E-state index in [2.05, 4.69) is 11.8 Å². The van der Waals surface area contributed by atoms with Crippen LogP contribution in [0.2, 0.25) is 5.02 Å². The van der Waals surface area contributed by atoms with Crippen LogP contribution >= 0.6 is 11.6 Å². The highest BCUT2D eigenvalue weighted by atomic mass is 35.5. The Morgan fingerprint density at radius 2 is 2.06 bits per heavy atom. The summed E-state index contributed by atoms with van der Waals surface area (Å²) < 4.78 is 0. The van der Waals surface area contributed by atoms with E-state index in [0.29, 0.717) is 17.3 Å². The van der Waals surface area contributed by atoms with Gasteiger partial charge in [0.15, 0.2) is 0 Å². The fraction of sp³-hybridized carbons (Fsp3) is 0.571. The number of hydrogen-bond donors (Lipinski definition) is 2. The van der Waals surface area contributed by atoms with Crippen LogP contribution in [0.25, 0.3) is 0 Å². The number of phenolic OH excluding ortho intramolecular Hbond substituents is 1. The van der Waals surface area contributed by atoms with Crippen LogP contribution in [-0.4, -0.2) is 35.2 Å². The summed E-state index contributed by atoms with van der Waals surface area (Å²) in [5.41, 5.74) is 6.75. The molecule has 1 fully saturated rings. The molecule has 3 nitrogen and oxygen atoms in total. The number of benzene rings is 1. The van der Waals surface area contributed by atoms with Crippen molar-refractivity contribution in [1.29, 1.82) is 0 Å². The van der Waals surface area contributed by atoms with E-state index in [1.807, 2.05) is 6.07 Å². The molecule has 0 aliphatic carbocycles. The van der Waals surface area contributed by atoms with Crippen LogP contribution in [0.1, 0.15) is 25.3 Å². The highest BCUT2D eigenvalue weighted by molar-refractivity contribution is 6.30. The quantitative estimate of drug-likeness (QED) is 0.882. The van der Waals surface area contributed by atoms with Crippen LogP contribution in [-0.2, 0) is 6.42 Å². The summed E-state index contributed by atoms with van der Waals surface area (Å²) in [6, 6.07) is 5.19. The van der Waals surface area contributed by atoms with Crippen LogP contribution in [0, 0.1) is 0 Å². The van der Waals surface area contributed by atoms with Gasteiger partial charge in [0.05, 0.1) is 0 Å². The van der Waals surface area contributed by atoms with Gasteiger partial charge in [-0.05, 0) is 63.0 Å². The van der Waals surface area contributed by atoms with Crippen LogP contribution in [0.4, 0.5) is 0 Å². The van der Waals surface area contributed by atoms with Crippen LogP contribution in [0.3, 0.4) is 0 Å². The third-order valence-corrected chi connectivity index (χ3v) is 4.16. The lowest BCUT2D eigenvalue weighted by Crippen LogP contribution is -2.51. The molecule has 1 atom stereocenters. The average Bonchev–Trinajstić information content (AvgIpc) is 2.88. The molecule has 0 aromatic heterocycles. The molecule has 4 heteroatoms. The van der Waals surface area contributed by atoms with Crippen molar-refractivity contribution in [2.75, 3.05) is 19.6 Å². The number of nitrogens with two attached hydrogens (primary N) is 1. The van der Waals surface area contributed by atoms with E-state index in [-0.39, 0.29) is 5.54 Å². The summed E-state index contributed by atoms with van der Waals surface area (Å²) in [4.78, 5) is 2.42. The molecule has 1 aromatic rings. The molecule has 100 valence electrons. The molecule has 0 bridgehead atoms. The van der Waals surface area contributed by atoms with Gasteiger partial charge in [0, 0.05) is 17.1 Å². The van der Waals surface area contributed by atoms with Gasteiger partial charge in [0.25, 0.3) is 0 Å². The van der Waals surface area contributed by atoms with E-state index in [0.717, 1.165) is 25.1 Å². The third kappa shape index (κ3) is 2.79. The normalized spacial score (nSPS) is 19.9. The Morgan fingerprint density at radius 3 is 2.67 bits per heavy atom. The topological polar surface area (TPSA) is 49.5 Å². The Hall–Kier alpha value is -0.770. The van der Waals surface area contributed by atoms with Crippen LogP contribution in [0.15, 0.2) is 18.2 Å². The van der Waals surface area contributed by atoms with E-state index < -0.39 is 0 Å². The maximum atomic E-state index is 9.92. The van der Waals surface area contributed by atoms with Crippen molar-refractivity contribution in [2.24, 2.45) is 5.73 Å². The summed E-state index contributed by atoms with van der Waals surface area (Å²) in [5, 5.41) is 10.6. The van der Waals surface area contributed by atoms with E-state index in [1.54, 1.807) is 12.1 Å². The van der Waals surface area contributed by atoms with Gasteiger partial charge in [-0.3, -0.25) is 4.90 Å². The predicted molar refractivity (Wildman–Crippen MR) is 75.1 cm³/mol. The number of phenols is 1. The third-order valence-electron chi connectivity index (χ3n) is 3.92. The molecule has 1 aliphatic heterocycles. The van der Waals surface area contributed by atoms with Crippen molar-refractivity contribution in [1.82, 2.24) is 4.90 Å². The number of rotatable bonds is 4. The lowest BCUT2D eigenvalue weighted by molar-refractivity contribution is 0.142. The van der Waals surface area contributed by atoms with Crippen molar-refractivity contribution in [3.63, 3.8) is 0 Å². The monoisotopic (exact) mass is 268 g/mol. The molecule has 0 spiro atoms. The molecule has 1 unspecified atom stereocenters. The van der Waals surface area contributed by atoms with Crippen LogP contribution < -0.4 is 5.73 Å².